The molecular formula is C28H35N3O4. The van der Waals surface area contributed by atoms with Crippen molar-refractivity contribution >= 4 is 22.7 Å². The van der Waals surface area contributed by atoms with E-state index in [0.717, 1.165) is 19.3 Å². The number of carbonyl (C=O) groups excluding carboxylic acids is 2. The van der Waals surface area contributed by atoms with E-state index in [1.807, 2.05) is 6.07 Å². The minimum Gasteiger partial charge on any atom is -0.485 e. The van der Waals surface area contributed by atoms with Gasteiger partial charge in [0.05, 0.1) is 11.0 Å². The molecule has 1 aromatic heterocycles. The molecule has 3 atom stereocenters. The summed E-state index contributed by atoms with van der Waals surface area (Å²) in [7, 11) is 0. The van der Waals surface area contributed by atoms with Crippen LogP contribution in [0.4, 0.5) is 0 Å². The number of Topliss-reactive ketones (excluding diaryl/α,β-unsaturated/α-hetero) is 1. The Balaban J connectivity index is 1.67. The third-order valence-corrected chi connectivity index (χ3v) is 7.28. The van der Waals surface area contributed by atoms with Gasteiger partial charge in [0.25, 0.3) is 0 Å². The Hall–Kier alpha value is -3.19. The van der Waals surface area contributed by atoms with Crippen LogP contribution in [0, 0.1) is 23.7 Å². The first-order valence-corrected chi connectivity index (χ1v) is 12.5. The van der Waals surface area contributed by atoms with Crippen LogP contribution in [0.15, 0.2) is 53.3 Å². The van der Waals surface area contributed by atoms with E-state index in [9.17, 15) is 14.4 Å². The predicted octanol–water partition coefficient (Wildman–Crippen LogP) is 4.37. The zero-order chi connectivity index (χ0) is 25.1. The predicted molar refractivity (Wildman–Crippen MR) is 137 cm³/mol. The number of hydrogen-bond donors (Lipinski definition) is 1. The average Bonchev–Trinajstić information content (AvgIpc) is 3.13. The van der Waals surface area contributed by atoms with Gasteiger partial charge < -0.3 is 10.5 Å². The van der Waals surface area contributed by atoms with E-state index in [1.165, 1.54) is 9.13 Å². The molecule has 1 heterocycles. The molecule has 186 valence electrons. The summed E-state index contributed by atoms with van der Waals surface area (Å²) in [6, 6.07) is 14.1. The number of aromatic nitrogens is 2. The van der Waals surface area contributed by atoms with Crippen molar-refractivity contribution in [3.05, 3.63) is 64.6 Å². The Morgan fingerprint density at radius 2 is 1.83 bits per heavy atom. The first-order valence-electron chi connectivity index (χ1n) is 12.5. The molecule has 0 unspecified atom stereocenters. The number of imidazole rings is 1. The average molecular weight is 478 g/mol. The number of benzene rings is 2. The van der Waals surface area contributed by atoms with Crippen molar-refractivity contribution < 1.29 is 14.3 Å². The lowest BCUT2D eigenvalue weighted by atomic mass is 9.69. The zero-order valence-corrected chi connectivity index (χ0v) is 20.8. The maximum atomic E-state index is 13.8. The minimum absolute atomic E-state index is 0.119. The van der Waals surface area contributed by atoms with E-state index in [0.29, 0.717) is 34.2 Å². The van der Waals surface area contributed by atoms with Crippen LogP contribution < -0.4 is 16.2 Å². The van der Waals surface area contributed by atoms with Crippen LogP contribution in [-0.2, 0) is 6.54 Å². The van der Waals surface area contributed by atoms with Gasteiger partial charge in [-0.15, -0.1) is 0 Å². The van der Waals surface area contributed by atoms with Crippen LogP contribution >= 0.6 is 0 Å². The fourth-order valence-corrected chi connectivity index (χ4v) is 5.39. The number of hydrogen-bond acceptors (Lipinski definition) is 5. The number of ether oxygens (including phenoxy) is 1. The summed E-state index contributed by atoms with van der Waals surface area (Å²) in [6.07, 6.45) is 2.90. The molecule has 0 amide bonds. The lowest BCUT2D eigenvalue weighted by Gasteiger charge is -2.36. The van der Waals surface area contributed by atoms with Crippen molar-refractivity contribution in [3.8, 4) is 5.75 Å². The van der Waals surface area contributed by atoms with Crippen molar-refractivity contribution in [1.29, 1.82) is 0 Å². The van der Waals surface area contributed by atoms with Crippen LogP contribution in [0.5, 0.6) is 5.75 Å². The molecule has 7 nitrogen and oxygen atoms in total. The normalized spacial score (nSPS) is 20.3. The Morgan fingerprint density at radius 3 is 2.51 bits per heavy atom. The van der Waals surface area contributed by atoms with Gasteiger partial charge in [0.15, 0.2) is 12.4 Å². The van der Waals surface area contributed by atoms with Gasteiger partial charge in [0.1, 0.15) is 5.75 Å². The lowest BCUT2D eigenvalue weighted by molar-refractivity contribution is 0.0633. The molecule has 0 spiro atoms. The van der Waals surface area contributed by atoms with Crippen LogP contribution in [0.2, 0.25) is 0 Å². The van der Waals surface area contributed by atoms with Crippen LogP contribution in [0.3, 0.4) is 0 Å². The number of nitrogens with two attached hydrogens (primary N) is 1. The van der Waals surface area contributed by atoms with Gasteiger partial charge in [0.2, 0.25) is 5.91 Å². The lowest BCUT2D eigenvalue weighted by Crippen LogP contribution is -2.40. The molecule has 4 rings (SSSR count). The molecule has 1 aliphatic carbocycles. The van der Waals surface area contributed by atoms with E-state index < -0.39 is 0 Å². The first-order chi connectivity index (χ1) is 16.8. The van der Waals surface area contributed by atoms with Gasteiger partial charge >= 0.3 is 5.69 Å². The number of rotatable bonds is 8. The van der Waals surface area contributed by atoms with E-state index in [-0.39, 0.29) is 48.9 Å². The minimum atomic E-state index is -0.367. The molecule has 0 saturated heterocycles. The maximum absolute atomic E-state index is 13.8. The van der Waals surface area contributed by atoms with E-state index >= 15 is 0 Å². The van der Waals surface area contributed by atoms with Crippen LogP contribution in [-0.4, -0.2) is 34.0 Å². The molecule has 2 aromatic carbocycles. The van der Waals surface area contributed by atoms with Crippen LogP contribution in [0.1, 0.15) is 55.2 Å². The highest BCUT2D eigenvalue weighted by Gasteiger charge is 2.37. The summed E-state index contributed by atoms with van der Waals surface area (Å²) < 4.78 is 8.63. The Morgan fingerprint density at radius 1 is 1.09 bits per heavy atom. The molecule has 7 heteroatoms. The molecule has 1 fully saturated rings. The standard InChI is InChI=1S/C28H35N3O4/c1-18(2)22-11-9-19(3)15-23(22)27(33)31-24-12-10-21(16-25(24)30(14-13-29)28(31)34)35-17-26(32)20-7-5-4-6-8-20/h4-8,10,12,16,18-19,22-23H,9,11,13-15,17,29H2,1-3H3/t19-,22+,23-/m1/s1. The second kappa shape index (κ2) is 10.6. The number of nitrogens with zero attached hydrogens (tertiary/aromatic N) is 2. The van der Waals surface area contributed by atoms with Gasteiger partial charge in [0, 0.05) is 30.6 Å². The highest BCUT2D eigenvalue weighted by Crippen LogP contribution is 2.39. The second-order valence-electron chi connectivity index (χ2n) is 10.1. The SMILES string of the molecule is CC(C)[C@@H]1CC[C@@H](C)C[C@H]1C(=O)n1c(=O)n(CCN)c2cc(OCC(=O)c3ccccc3)ccc21. The third-order valence-electron chi connectivity index (χ3n) is 7.28. The fourth-order valence-electron chi connectivity index (χ4n) is 5.39. The fraction of sp³-hybridized carbons (Fsp3) is 0.464. The zero-order valence-electron chi connectivity index (χ0n) is 20.8. The Kier molecular flexibility index (Phi) is 7.55. The molecular weight excluding hydrogens is 442 g/mol. The monoisotopic (exact) mass is 477 g/mol. The quantitative estimate of drug-likeness (QED) is 0.486. The van der Waals surface area contributed by atoms with Crippen molar-refractivity contribution in [2.75, 3.05) is 13.2 Å². The Labute approximate surface area is 205 Å². The van der Waals surface area contributed by atoms with E-state index in [2.05, 4.69) is 20.8 Å². The topological polar surface area (TPSA) is 96.3 Å². The molecule has 0 aliphatic heterocycles. The van der Waals surface area contributed by atoms with Crippen molar-refractivity contribution in [2.45, 2.75) is 46.6 Å². The van der Waals surface area contributed by atoms with Gasteiger partial charge in [-0.05, 0) is 42.7 Å². The number of ketones is 1. The van der Waals surface area contributed by atoms with Gasteiger partial charge in [-0.2, -0.15) is 0 Å². The third kappa shape index (κ3) is 5.10. The molecule has 2 N–H and O–H groups in total. The van der Waals surface area contributed by atoms with Crippen molar-refractivity contribution in [3.63, 3.8) is 0 Å². The van der Waals surface area contributed by atoms with Crippen molar-refractivity contribution in [2.24, 2.45) is 29.4 Å². The summed E-state index contributed by atoms with van der Waals surface area (Å²) in [5, 5.41) is 0. The van der Waals surface area contributed by atoms with Crippen molar-refractivity contribution in [1.82, 2.24) is 9.13 Å². The smallest absolute Gasteiger partial charge is 0.336 e. The molecule has 1 aliphatic rings. The molecule has 1 saturated carbocycles. The molecule has 0 bridgehead atoms. The highest BCUT2D eigenvalue weighted by atomic mass is 16.5. The first kappa shape index (κ1) is 24.9. The highest BCUT2D eigenvalue weighted by molar-refractivity contribution is 5.97. The summed E-state index contributed by atoms with van der Waals surface area (Å²) >= 11 is 0. The molecule has 35 heavy (non-hydrogen) atoms. The summed E-state index contributed by atoms with van der Waals surface area (Å²) in [5.41, 5.74) is 7.15. The maximum Gasteiger partial charge on any atom is 0.336 e. The number of fused-ring (bicyclic) bond motifs is 1. The Bertz CT molecular complexity index is 1260. The van der Waals surface area contributed by atoms with Gasteiger partial charge in [-0.1, -0.05) is 57.5 Å². The van der Waals surface area contributed by atoms with Gasteiger partial charge in [-0.25, -0.2) is 9.36 Å². The summed E-state index contributed by atoms with van der Waals surface area (Å²) in [6.45, 7) is 6.92. The summed E-state index contributed by atoms with van der Waals surface area (Å²) in [5.74, 6) is 1.08. The van der Waals surface area contributed by atoms with E-state index in [1.54, 1.807) is 42.5 Å². The van der Waals surface area contributed by atoms with Crippen LogP contribution in [0.25, 0.3) is 11.0 Å². The molecule has 0 radical (unpaired) electrons. The van der Waals surface area contributed by atoms with Gasteiger partial charge in [-0.3, -0.25) is 14.2 Å². The summed E-state index contributed by atoms with van der Waals surface area (Å²) in [4.78, 5) is 39.7. The van der Waals surface area contributed by atoms with E-state index in [4.69, 9.17) is 10.5 Å². The second-order valence-corrected chi connectivity index (χ2v) is 10.1. The molecule has 3 aromatic rings. The number of carbonyl (C=O) groups is 2. The largest absolute Gasteiger partial charge is 0.485 e.